The van der Waals surface area contributed by atoms with Gasteiger partial charge in [-0.1, -0.05) is 18.2 Å². The fourth-order valence-electron chi connectivity index (χ4n) is 3.22. The van der Waals surface area contributed by atoms with Crippen molar-refractivity contribution in [2.24, 2.45) is 0 Å². The van der Waals surface area contributed by atoms with Gasteiger partial charge < -0.3 is 25.5 Å². The van der Waals surface area contributed by atoms with E-state index in [2.05, 4.69) is 20.6 Å². The molecule has 0 fully saturated rings. The molecule has 4 N–H and O–H groups in total. The summed E-state index contributed by atoms with van der Waals surface area (Å²) in [5.41, 5.74) is 2.62. The summed E-state index contributed by atoms with van der Waals surface area (Å²) < 4.78 is 5.37. The topological polar surface area (TPSA) is 116 Å². The van der Waals surface area contributed by atoms with Gasteiger partial charge in [-0.3, -0.25) is 9.59 Å². The van der Waals surface area contributed by atoms with Gasteiger partial charge in [0.15, 0.2) is 5.78 Å². The minimum absolute atomic E-state index is 0.0248. The Morgan fingerprint density at radius 2 is 1.97 bits per heavy atom. The van der Waals surface area contributed by atoms with E-state index in [1.807, 2.05) is 30.3 Å². The maximum absolute atomic E-state index is 12.6. The van der Waals surface area contributed by atoms with Gasteiger partial charge >= 0.3 is 0 Å². The molecule has 1 aliphatic rings. The van der Waals surface area contributed by atoms with Crippen LogP contribution in [0, 0.1) is 0 Å². The van der Waals surface area contributed by atoms with E-state index in [1.165, 1.54) is 13.8 Å². The number of amides is 1. The number of hydrogen-bond acceptors (Lipinski definition) is 6. The van der Waals surface area contributed by atoms with Crippen LogP contribution < -0.4 is 10.6 Å². The number of fused-ring (bicyclic) bond motifs is 1. The molecule has 154 valence electrons. The molecular formula is C22H22N4O4. The lowest BCUT2D eigenvalue weighted by Gasteiger charge is -2.16. The minimum Gasteiger partial charge on any atom is -0.381 e. The second kappa shape index (κ2) is 7.74. The number of nitrogens with one attached hydrogen (secondary N) is 3. The summed E-state index contributed by atoms with van der Waals surface area (Å²) in [6.07, 6.45) is 1.56. The first-order valence-electron chi connectivity index (χ1n) is 9.51. The average Bonchev–Trinajstić information content (AvgIpc) is 3.08. The van der Waals surface area contributed by atoms with Crippen LogP contribution in [0.1, 0.15) is 29.9 Å². The summed E-state index contributed by atoms with van der Waals surface area (Å²) in [6, 6.07) is 13.0. The summed E-state index contributed by atoms with van der Waals surface area (Å²) in [5, 5.41) is 15.8. The van der Waals surface area contributed by atoms with Crippen LogP contribution in [0.4, 0.5) is 17.2 Å². The highest BCUT2D eigenvalue weighted by molar-refractivity contribution is 6.08. The van der Waals surface area contributed by atoms with E-state index in [4.69, 9.17) is 4.74 Å². The summed E-state index contributed by atoms with van der Waals surface area (Å²) in [7, 11) is 0. The van der Waals surface area contributed by atoms with Gasteiger partial charge in [-0.15, -0.1) is 0 Å². The van der Waals surface area contributed by atoms with Gasteiger partial charge in [0.25, 0.3) is 5.91 Å². The largest absolute Gasteiger partial charge is 0.381 e. The van der Waals surface area contributed by atoms with Gasteiger partial charge in [-0.05, 0) is 38.1 Å². The van der Waals surface area contributed by atoms with Crippen molar-refractivity contribution in [2.45, 2.75) is 26.1 Å². The number of carbonyl (C=O) groups is 2. The molecule has 1 aromatic carbocycles. The Kier molecular flexibility index (Phi) is 5.11. The Balaban J connectivity index is 1.76. The van der Waals surface area contributed by atoms with Crippen LogP contribution >= 0.6 is 0 Å². The van der Waals surface area contributed by atoms with Crippen molar-refractivity contribution in [3.63, 3.8) is 0 Å². The zero-order chi connectivity index (χ0) is 21.3. The molecule has 0 aliphatic carbocycles. The second-order valence-corrected chi connectivity index (χ2v) is 7.58. The van der Waals surface area contributed by atoms with E-state index in [1.54, 1.807) is 18.3 Å². The Labute approximate surface area is 173 Å². The molecule has 4 rings (SSSR count). The molecule has 0 spiro atoms. The number of pyridine rings is 1. The molecule has 0 bridgehead atoms. The lowest BCUT2D eigenvalue weighted by molar-refractivity contribution is -0.130. The fourth-order valence-corrected chi connectivity index (χ4v) is 3.22. The molecule has 1 aliphatic heterocycles. The van der Waals surface area contributed by atoms with Crippen LogP contribution in [-0.4, -0.2) is 39.0 Å². The maximum Gasteiger partial charge on any atom is 0.256 e. The molecule has 0 unspecified atom stereocenters. The molecule has 3 aromatic rings. The summed E-state index contributed by atoms with van der Waals surface area (Å²) in [6.45, 7) is 3.13. The number of anilines is 3. The third-order valence-electron chi connectivity index (χ3n) is 4.73. The van der Waals surface area contributed by atoms with Gasteiger partial charge in [0.1, 0.15) is 18.0 Å². The Hall–Kier alpha value is -3.49. The first kappa shape index (κ1) is 19.8. The Bertz CT molecular complexity index is 1100. The van der Waals surface area contributed by atoms with Crippen LogP contribution in [0.5, 0.6) is 0 Å². The monoisotopic (exact) mass is 406 g/mol. The number of carbonyl (C=O) groups excluding carboxylic acids is 2. The highest BCUT2D eigenvalue weighted by Gasteiger charge is 2.28. The average molecular weight is 406 g/mol. The normalized spacial score (nSPS) is 13.6. The van der Waals surface area contributed by atoms with Crippen molar-refractivity contribution in [2.75, 3.05) is 17.2 Å². The highest BCUT2D eigenvalue weighted by atomic mass is 16.5. The van der Waals surface area contributed by atoms with Crippen LogP contribution in [0.15, 0.2) is 48.7 Å². The third-order valence-corrected chi connectivity index (χ3v) is 4.73. The van der Waals surface area contributed by atoms with Gasteiger partial charge in [0.2, 0.25) is 0 Å². The number of hydrogen-bond donors (Lipinski definition) is 4. The van der Waals surface area contributed by atoms with Crippen molar-refractivity contribution in [1.82, 2.24) is 9.97 Å². The van der Waals surface area contributed by atoms with Crippen LogP contribution in [0.3, 0.4) is 0 Å². The third kappa shape index (κ3) is 3.96. The maximum atomic E-state index is 12.6. The molecule has 8 nitrogen and oxygen atoms in total. The summed E-state index contributed by atoms with van der Waals surface area (Å²) in [4.78, 5) is 32.1. The van der Waals surface area contributed by atoms with Crippen molar-refractivity contribution in [3.8, 4) is 11.3 Å². The van der Waals surface area contributed by atoms with Crippen molar-refractivity contribution >= 4 is 28.9 Å². The molecule has 0 saturated carbocycles. The number of aromatic amines is 1. The molecule has 3 heterocycles. The van der Waals surface area contributed by atoms with Gasteiger partial charge in [-0.2, -0.15) is 0 Å². The number of rotatable bonds is 5. The van der Waals surface area contributed by atoms with E-state index < -0.39 is 11.5 Å². The molecular weight excluding hydrogens is 384 g/mol. The number of Topliss-reactive ketones (excluding diaryl/α,β-unsaturated/α-hetero) is 1. The standard InChI is InChI=1S/C22H22N4O4/c1-22(2,29)21(28)26-17-10-13(8-9-23-17)19-20(24-14-6-4-3-5-7-14)18-15(25-19)11-30-12-16(18)27/h3-10,24-25,29H,11-12H2,1-2H3,(H,23,26,28). The second-order valence-electron chi connectivity index (χ2n) is 7.58. The van der Waals surface area contributed by atoms with Crippen molar-refractivity contribution < 1.29 is 19.4 Å². The minimum atomic E-state index is -1.53. The van der Waals surface area contributed by atoms with E-state index >= 15 is 0 Å². The van der Waals surface area contributed by atoms with E-state index in [0.717, 1.165) is 11.3 Å². The van der Waals surface area contributed by atoms with Crippen LogP contribution in [0.2, 0.25) is 0 Å². The highest BCUT2D eigenvalue weighted by Crippen LogP contribution is 2.37. The molecule has 0 atom stereocenters. The predicted molar refractivity (Wildman–Crippen MR) is 113 cm³/mol. The SMILES string of the molecule is CC(C)(O)C(=O)Nc1cc(-c2[nH]c3c(c2Nc2ccccc2)C(=O)COC3)ccn1. The molecule has 8 heteroatoms. The van der Waals surface area contributed by atoms with E-state index in [-0.39, 0.29) is 12.4 Å². The van der Waals surface area contributed by atoms with Gasteiger partial charge in [0, 0.05) is 17.4 Å². The number of H-pyrrole nitrogens is 1. The number of aromatic nitrogens is 2. The fraction of sp³-hybridized carbons (Fsp3) is 0.227. The van der Waals surface area contributed by atoms with Crippen molar-refractivity contribution in [3.05, 3.63) is 59.9 Å². The zero-order valence-corrected chi connectivity index (χ0v) is 16.7. The first-order chi connectivity index (χ1) is 14.3. The summed E-state index contributed by atoms with van der Waals surface area (Å²) in [5.74, 6) is -0.383. The first-order valence-corrected chi connectivity index (χ1v) is 9.51. The number of para-hydroxylation sites is 1. The lowest BCUT2D eigenvalue weighted by Crippen LogP contribution is -2.36. The van der Waals surface area contributed by atoms with E-state index in [9.17, 15) is 14.7 Å². The number of aliphatic hydroxyl groups is 1. The quantitative estimate of drug-likeness (QED) is 0.517. The molecule has 2 aromatic heterocycles. The lowest BCUT2D eigenvalue weighted by atomic mass is 10.0. The molecule has 30 heavy (non-hydrogen) atoms. The molecule has 0 radical (unpaired) electrons. The summed E-state index contributed by atoms with van der Waals surface area (Å²) >= 11 is 0. The smallest absolute Gasteiger partial charge is 0.256 e. The zero-order valence-electron chi connectivity index (χ0n) is 16.7. The van der Waals surface area contributed by atoms with Crippen LogP contribution in [0.25, 0.3) is 11.3 Å². The van der Waals surface area contributed by atoms with Gasteiger partial charge in [-0.25, -0.2) is 4.98 Å². The Morgan fingerprint density at radius 3 is 2.70 bits per heavy atom. The van der Waals surface area contributed by atoms with E-state index in [0.29, 0.717) is 35.1 Å². The predicted octanol–water partition coefficient (Wildman–Crippen LogP) is 3.24. The number of ether oxygens (including phenoxy) is 1. The molecule has 0 saturated heterocycles. The number of ketones is 1. The molecule has 1 amide bonds. The Morgan fingerprint density at radius 1 is 1.20 bits per heavy atom. The van der Waals surface area contributed by atoms with Gasteiger partial charge in [0.05, 0.1) is 29.2 Å². The number of benzene rings is 1. The van der Waals surface area contributed by atoms with Crippen molar-refractivity contribution in [1.29, 1.82) is 0 Å². The number of nitrogens with zero attached hydrogens (tertiary/aromatic N) is 1. The van der Waals surface area contributed by atoms with Crippen LogP contribution in [-0.2, 0) is 16.1 Å².